The molecule has 1 heterocycles. The molecule has 0 saturated heterocycles. The number of carbonyl (C=O) groups excluding carboxylic acids is 2. The Morgan fingerprint density at radius 3 is 2.70 bits per heavy atom. The third-order valence-electron chi connectivity index (χ3n) is 2.55. The van der Waals surface area contributed by atoms with Crippen molar-refractivity contribution in [2.75, 3.05) is 12.4 Å². The normalized spacial score (nSPS) is 16.6. The molecule has 0 radical (unpaired) electrons. The van der Waals surface area contributed by atoms with Crippen molar-refractivity contribution in [3.8, 4) is 0 Å². The van der Waals surface area contributed by atoms with E-state index in [1.54, 1.807) is 37.3 Å². The van der Waals surface area contributed by atoms with Gasteiger partial charge in [-0.1, -0.05) is 30.0 Å². The van der Waals surface area contributed by atoms with E-state index in [0.717, 1.165) is 11.8 Å². The molecule has 0 aliphatic carbocycles. The minimum Gasteiger partial charge on any atom is -0.510 e. The van der Waals surface area contributed by atoms with Gasteiger partial charge in [0.25, 0.3) is 5.91 Å². The molecule has 0 spiro atoms. The number of benzene rings is 1. The Labute approximate surface area is 120 Å². The van der Waals surface area contributed by atoms with Crippen LogP contribution in [-0.2, 0) is 9.53 Å². The molecule has 0 atom stereocenters. The summed E-state index contributed by atoms with van der Waals surface area (Å²) in [4.78, 5) is 27.6. The summed E-state index contributed by atoms with van der Waals surface area (Å²) in [7, 11) is 0. The van der Waals surface area contributed by atoms with E-state index in [4.69, 9.17) is 4.74 Å². The van der Waals surface area contributed by atoms with Gasteiger partial charge in [0.2, 0.25) is 0 Å². The second-order valence-electron chi connectivity index (χ2n) is 3.92. The van der Waals surface area contributed by atoms with Gasteiger partial charge in [-0.25, -0.2) is 9.79 Å². The number of thioether (sulfide) groups is 1. The van der Waals surface area contributed by atoms with Gasteiger partial charge in [-0.3, -0.25) is 4.79 Å². The number of aliphatic imine (C=N–C) groups is 1. The summed E-state index contributed by atoms with van der Waals surface area (Å²) in [6, 6.07) is 8.53. The highest BCUT2D eigenvalue weighted by Crippen LogP contribution is 2.27. The van der Waals surface area contributed by atoms with Crippen LogP contribution in [0.5, 0.6) is 0 Å². The number of aliphatic hydroxyl groups excluding tert-OH is 1. The highest BCUT2D eigenvalue weighted by molar-refractivity contribution is 8.15. The third kappa shape index (κ3) is 3.08. The Balaban J connectivity index is 2.26. The van der Waals surface area contributed by atoms with E-state index in [1.165, 1.54) is 0 Å². The lowest BCUT2D eigenvalue weighted by atomic mass is 10.2. The summed E-state index contributed by atoms with van der Waals surface area (Å²) < 4.78 is 4.85. The van der Waals surface area contributed by atoms with Crippen molar-refractivity contribution in [1.82, 2.24) is 0 Å². The molecule has 1 aliphatic heterocycles. The molecular weight excluding hydrogens is 278 g/mol. The minimum absolute atomic E-state index is 0.0128. The van der Waals surface area contributed by atoms with Crippen LogP contribution in [-0.4, -0.2) is 34.4 Å². The van der Waals surface area contributed by atoms with Crippen LogP contribution in [0.15, 0.2) is 46.7 Å². The van der Waals surface area contributed by atoms with Crippen molar-refractivity contribution >= 4 is 28.7 Å². The van der Waals surface area contributed by atoms with Gasteiger partial charge in [-0.05, 0) is 19.1 Å². The number of hydrogen-bond acceptors (Lipinski definition) is 5. The molecule has 2 rings (SSSR count). The molecule has 1 amide bonds. The molecule has 0 fully saturated rings. The maximum absolute atomic E-state index is 12.0. The second kappa shape index (κ2) is 6.38. The van der Waals surface area contributed by atoms with Crippen molar-refractivity contribution in [3.05, 3.63) is 47.2 Å². The van der Waals surface area contributed by atoms with Crippen LogP contribution >= 0.6 is 11.8 Å². The first-order valence-corrected chi connectivity index (χ1v) is 7.02. The molecule has 1 aliphatic rings. The van der Waals surface area contributed by atoms with Crippen LogP contribution < -0.4 is 0 Å². The Kier molecular flexibility index (Phi) is 4.57. The lowest BCUT2D eigenvalue weighted by molar-refractivity contribution is -0.138. The number of ether oxygens (including phenoxy) is 1. The molecule has 1 N–H and O–H groups in total. The van der Waals surface area contributed by atoms with Crippen LogP contribution in [0.3, 0.4) is 0 Å². The van der Waals surface area contributed by atoms with E-state index in [2.05, 4.69) is 4.99 Å². The van der Waals surface area contributed by atoms with Gasteiger partial charge in [0.1, 0.15) is 16.4 Å². The zero-order valence-electron chi connectivity index (χ0n) is 10.8. The minimum atomic E-state index is -0.658. The average Bonchev–Trinajstić information content (AvgIpc) is 2.81. The fraction of sp³-hybridized carbons (Fsp3) is 0.214. The summed E-state index contributed by atoms with van der Waals surface area (Å²) in [5.41, 5.74) is 0.413. The topological polar surface area (TPSA) is 76.0 Å². The van der Waals surface area contributed by atoms with Crippen LogP contribution in [0, 0.1) is 0 Å². The predicted octanol–water partition coefficient (Wildman–Crippen LogP) is 2.35. The zero-order chi connectivity index (χ0) is 14.5. The van der Waals surface area contributed by atoms with Crippen LogP contribution in [0.1, 0.15) is 17.3 Å². The maximum atomic E-state index is 12.0. The van der Waals surface area contributed by atoms with Gasteiger partial charge in [-0.15, -0.1) is 0 Å². The SMILES string of the molecule is CCOC(=O)C1=C(O)CSC1=NC(=O)c1ccccc1. The zero-order valence-corrected chi connectivity index (χ0v) is 11.6. The second-order valence-corrected chi connectivity index (χ2v) is 4.88. The van der Waals surface area contributed by atoms with E-state index in [1.807, 2.05) is 0 Å². The van der Waals surface area contributed by atoms with Gasteiger partial charge in [0.05, 0.1) is 12.4 Å². The molecule has 1 aromatic carbocycles. The van der Waals surface area contributed by atoms with E-state index in [-0.39, 0.29) is 28.7 Å². The lowest BCUT2D eigenvalue weighted by Crippen LogP contribution is -2.14. The van der Waals surface area contributed by atoms with Crippen LogP contribution in [0.4, 0.5) is 0 Å². The van der Waals surface area contributed by atoms with Crippen molar-refractivity contribution < 1.29 is 19.4 Å². The summed E-state index contributed by atoms with van der Waals surface area (Å²) in [5, 5.41) is 9.91. The van der Waals surface area contributed by atoms with Crippen molar-refractivity contribution in [2.45, 2.75) is 6.92 Å². The molecule has 0 aromatic heterocycles. The van der Waals surface area contributed by atoms with Gasteiger partial charge in [0, 0.05) is 5.56 Å². The highest BCUT2D eigenvalue weighted by atomic mass is 32.2. The van der Waals surface area contributed by atoms with E-state index in [9.17, 15) is 14.7 Å². The smallest absolute Gasteiger partial charge is 0.344 e. The number of hydrogen-bond donors (Lipinski definition) is 1. The van der Waals surface area contributed by atoms with Gasteiger partial charge in [0.15, 0.2) is 0 Å². The number of aliphatic hydroxyl groups is 1. The quantitative estimate of drug-likeness (QED) is 0.865. The largest absolute Gasteiger partial charge is 0.510 e. The molecule has 104 valence electrons. The summed E-state index contributed by atoms with van der Waals surface area (Å²) in [5.74, 6) is -0.998. The molecule has 0 bridgehead atoms. The molecule has 20 heavy (non-hydrogen) atoms. The van der Waals surface area contributed by atoms with Crippen LogP contribution in [0.2, 0.25) is 0 Å². The standard InChI is InChI=1S/C14H13NO4S/c1-2-19-14(18)11-10(16)8-20-13(11)15-12(17)9-6-4-3-5-7-9/h3-7,16H,2,8H2,1H3. The number of esters is 1. The van der Waals surface area contributed by atoms with Crippen molar-refractivity contribution in [2.24, 2.45) is 4.99 Å². The van der Waals surface area contributed by atoms with E-state index < -0.39 is 11.9 Å². The van der Waals surface area contributed by atoms with Crippen LogP contribution in [0.25, 0.3) is 0 Å². The van der Waals surface area contributed by atoms with Crippen molar-refractivity contribution in [3.63, 3.8) is 0 Å². The van der Waals surface area contributed by atoms with Crippen molar-refractivity contribution in [1.29, 1.82) is 0 Å². The Hall–Kier alpha value is -2.08. The number of amides is 1. The number of nitrogens with zero attached hydrogens (tertiary/aromatic N) is 1. The highest BCUT2D eigenvalue weighted by Gasteiger charge is 2.29. The first kappa shape index (κ1) is 14.3. The predicted molar refractivity (Wildman–Crippen MR) is 77.0 cm³/mol. The first-order valence-electron chi connectivity index (χ1n) is 6.04. The monoisotopic (exact) mass is 291 g/mol. The van der Waals surface area contributed by atoms with Gasteiger partial charge in [-0.2, -0.15) is 0 Å². The molecule has 0 saturated carbocycles. The Morgan fingerprint density at radius 1 is 1.35 bits per heavy atom. The first-order chi connectivity index (χ1) is 9.63. The number of carbonyl (C=O) groups is 2. The third-order valence-corrected chi connectivity index (χ3v) is 3.54. The van der Waals surface area contributed by atoms with E-state index >= 15 is 0 Å². The average molecular weight is 291 g/mol. The lowest BCUT2D eigenvalue weighted by Gasteiger charge is -2.03. The Bertz CT molecular complexity index is 592. The molecule has 1 aromatic rings. The Morgan fingerprint density at radius 2 is 2.05 bits per heavy atom. The number of rotatable bonds is 3. The summed E-state index contributed by atoms with van der Waals surface area (Å²) >= 11 is 1.14. The summed E-state index contributed by atoms with van der Waals surface area (Å²) in [6.45, 7) is 1.86. The van der Waals surface area contributed by atoms with Gasteiger partial charge >= 0.3 is 5.97 Å². The molecule has 6 heteroatoms. The fourth-order valence-corrected chi connectivity index (χ4v) is 2.55. The maximum Gasteiger partial charge on any atom is 0.344 e. The molecule has 5 nitrogen and oxygen atoms in total. The summed E-state index contributed by atoms with van der Waals surface area (Å²) in [6.07, 6.45) is 0. The van der Waals surface area contributed by atoms with Gasteiger partial charge < -0.3 is 9.84 Å². The molecule has 0 unspecified atom stereocenters. The fourth-order valence-electron chi connectivity index (χ4n) is 1.64. The molecular formula is C14H13NO4S. The van der Waals surface area contributed by atoms with E-state index in [0.29, 0.717) is 5.56 Å².